The first-order chi connectivity index (χ1) is 6.07. The average Bonchev–Trinajstić information content (AvgIpc) is 2.13. The largest absolute Gasteiger partial charge is 0.507 e. The third-order valence-corrected chi connectivity index (χ3v) is 2.63. The highest BCUT2D eigenvalue weighted by Crippen LogP contribution is 2.26. The van der Waals surface area contributed by atoms with Crippen LogP contribution in [0.25, 0.3) is 0 Å². The third-order valence-electron chi connectivity index (χ3n) is 2.04. The van der Waals surface area contributed by atoms with E-state index in [9.17, 15) is 9.90 Å². The summed E-state index contributed by atoms with van der Waals surface area (Å²) in [6.45, 7) is 3.57. The average molecular weight is 196 g/mol. The first-order valence-electron chi connectivity index (χ1n) is 3.95. The van der Waals surface area contributed by atoms with Crippen molar-refractivity contribution in [3.8, 4) is 5.75 Å². The lowest BCUT2D eigenvalue weighted by Gasteiger charge is -2.07. The molecular formula is C10H12O2S. The number of phenols is 1. The van der Waals surface area contributed by atoms with Gasteiger partial charge in [-0.1, -0.05) is 17.8 Å². The molecule has 0 saturated carbocycles. The summed E-state index contributed by atoms with van der Waals surface area (Å²) in [5, 5.41) is 9.56. The Morgan fingerprint density at radius 3 is 2.54 bits per heavy atom. The first kappa shape index (κ1) is 10.1. The molecule has 1 N–H and O–H groups in total. The molecule has 0 saturated heterocycles. The lowest BCUT2D eigenvalue weighted by Crippen LogP contribution is -1.97. The second-order valence-corrected chi connectivity index (χ2v) is 3.67. The number of hydrogen-bond acceptors (Lipinski definition) is 3. The number of carbonyl (C=O) groups is 1. The van der Waals surface area contributed by atoms with E-state index in [-0.39, 0.29) is 10.9 Å². The smallest absolute Gasteiger partial charge is 0.219 e. The highest BCUT2D eigenvalue weighted by molar-refractivity contribution is 8.13. The molecule has 0 amide bonds. The number of benzene rings is 1. The van der Waals surface area contributed by atoms with Crippen LogP contribution in [0.2, 0.25) is 0 Å². The number of phenolic OH excluding ortho intramolecular Hbond substituents is 1. The molecule has 0 radical (unpaired) electrons. The Labute approximate surface area is 82.0 Å². The zero-order valence-corrected chi connectivity index (χ0v) is 8.73. The molecule has 1 aromatic carbocycles. The number of thioether (sulfide) groups is 1. The Morgan fingerprint density at radius 2 is 2.00 bits per heavy atom. The summed E-state index contributed by atoms with van der Waals surface area (Å²) in [4.78, 5) is 11.3. The van der Waals surface area contributed by atoms with Crippen molar-refractivity contribution in [2.45, 2.75) is 13.8 Å². The van der Waals surface area contributed by atoms with E-state index in [1.54, 1.807) is 25.3 Å². The summed E-state index contributed by atoms with van der Waals surface area (Å²) in [5.74, 6) is 0.222. The van der Waals surface area contributed by atoms with Gasteiger partial charge in [0.2, 0.25) is 5.12 Å². The Kier molecular flexibility index (Phi) is 2.98. The van der Waals surface area contributed by atoms with Crippen LogP contribution in [0, 0.1) is 13.8 Å². The molecule has 0 spiro atoms. The van der Waals surface area contributed by atoms with Gasteiger partial charge in [-0.25, -0.2) is 0 Å². The van der Waals surface area contributed by atoms with E-state index < -0.39 is 0 Å². The molecule has 70 valence electrons. The van der Waals surface area contributed by atoms with E-state index in [1.807, 2.05) is 6.92 Å². The molecule has 3 heteroatoms. The predicted octanol–water partition coefficient (Wildman–Crippen LogP) is 2.51. The molecule has 0 aromatic heterocycles. The van der Waals surface area contributed by atoms with Gasteiger partial charge in [0, 0.05) is 11.1 Å². The van der Waals surface area contributed by atoms with Crippen LogP contribution in [0.15, 0.2) is 12.1 Å². The maximum absolute atomic E-state index is 11.3. The Balaban J connectivity index is 3.26. The fourth-order valence-corrected chi connectivity index (χ4v) is 1.61. The van der Waals surface area contributed by atoms with Crippen molar-refractivity contribution in [3.63, 3.8) is 0 Å². The predicted molar refractivity (Wildman–Crippen MR) is 55.4 cm³/mol. The second kappa shape index (κ2) is 3.83. The van der Waals surface area contributed by atoms with Gasteiger partial charge in [-0.3, -0.25) is 4.79 Å². The minimum absolute atomic E-state index is 0.00667. The molecule has 1 aromatic rings. The zero-order valence-electron chi connectivity index (χ0n) is 7.92. The van der Waals surface area contributed by atoms with Crippen LogP contribution in [-0.2, 0) is 0 Å². The molecule has 0 aliphatic heterocycles. The topological polar surface area (TPSA) is 37.3 Å². The summed E-state index contributed by atoms with van der Waals surface area (Å²) in [6, 6.07) is 3.51. The highest BCUT2D eigenvalue weighted by atomic mass is 32.2. The number of rotatable bonds is 1. The summed E-state index contributed by atoms with van der Waals surface area (Å²) in [7, 11) is 0. The molecule has 13 heavy (non-hydrogen) atoms. The van der Waals surface area contributed by atoms with Gasteiger partial charge >= 0.3 is 0 Å². The van der Waals surface area contributed by atoms with Gasteiger partial charge in [-0.05, 0) is 31.7 Å². The molecule has 0 atom stereocenters. The van der Waals surface area contributed by atoms with Crippen LogP contribution < -0.4 is 0 Å². The molecule has 1 rings (SSSR count). The van der Waals surface area contributed by atoms with Gasteiger partial charge in [0.15, 0.2) is 0 Å². The fourth-order valence-electron chi connectivity index (χ4n) is 1.17. The van der Waals surface area contributed by atoms with Gasteiger partial charge in [0.1, 0.15) is 5.75 Å². The van der Waals surface area contributed by atoms with Gasteiger partial charge in [0.05, 0.1) is 0 Å². The number of carbonyl (C=O) groups excluding carboxylic acids is 1. The van der Waals surface area contributed by atoms with Crippen LogP contribution in [0.1, 0.15) is 21.5 Å². The fraction of sp³-hybridized carbons (Fsp3) is 0.300. The van der Waals surface area contributed by atoms with Gasteiger partial charge in [0.25, 0.3) is 0 Å². The van der Waals surface area contributed by atoms with Crippen LogP contribution in [-0.4, -0.2) is 16.5 Å². The maximum atomic E-state index is 11.3. The van der Waals surface area contributed by atoms with E-state index in [0.29, 0.717) is 11.1 Å². The Bertz CT molecular complexity index is 345. The van der Waals surface area contributed by atoms with Crippen molar-refractivity contribution in [2.24, 2.45) is 0 Å². The SMILES string of the molecule is CSC(=O)c1ccc(C)c(O)c1C. The highest BCUT2D eigenvalue weighted by Gasteiger charge is 2.11. The van der Waals surface area contributed by atoms with E-state index in [0.717, 1.165) is 17.3 Å². The van der Waals surface area contributed by atoms with E-state index in [4.69, 9.17) is 0 Å². The van der Waals surface area contributed by atoms with Crippen molar-refractivity contribution in [1.29, 1.82) is 0 Å². The summed E-state index contributed by atoms with van der Waals surface area (Å²) in [6.07, 6.45) is 1.73. The molecule has 0 aliphatic rings. The first-order valence-corrected chi connectivity index (χ1v) is 5.18. The number of aromatic hydroxyl groups is 1. The minimum Gasteiger partial charge on any atom is -0.507 e. The summed E-state index contributed by atoms with van der Waals surface area (Å²) >= 11 is 1.16. The number of aryl methyl sites for hydroxylation is 1. The number of hydrogen-bond donors (Lipinski definition) is 1. The van der Waals surface area contributed by atoms with Crippen molar-refractivity contribution >= 4 is 16.9 Å². The molecule has 2 nitrogen and oxygen atoms in total. The summed E-state index contributed by atoms with van der Waals surface area (Å²) in [5.41, 5.74) is 2.06. The normalized spacial score (nSPS) is 10.1. The molecule has 0 unspecified atom stereocenters. The van der Waals surface area contributed by atoms with E-state index >= 15 is 0 Å². The van der Waals surface area contributed by atoms with Crippen LogP contribution in [0.3, 0.4) is 0 Å². The van der Waals surface area contributed by atoms with Gasteiger partial charge in [-0.15, -0.1) is 0 Å². The van der Waals surface area contributed by atoms with Crippen molar-refractivity contribution < 1.29 is 9.90 Å². The molecule has 0 bridgehead atoms. The Morgan fingerprint density at radius 1 is 1.38 bits per heavy atom. The van der Waals surface area contributed by atoms with Crippen molar-refractivity contribution in [3.05, 3.63) is 28.8 Å². The van der Waals surface area contributed by atoms with E-state index in [1.165, 1.54) is 0 Å². The monoisotopic (exact) mass is 196 g/mol. The van der Waals surface area contributed by atoms with Crippen LogP contribution in [0.4, 0.5) is 0 Å². The summed E-state index contributed by atoms with van der Waals surface area (Å²) < 4.78 is 0. The second-order valence-electron chi connectivity index (χ2n) is 2.90. The van der Waals surface area contributed by atoms with Gasteiger partial charge < -0.3 is 5.11 Å². The van der Waals surface area contributed by atoms with E-state index in [2.05, 4.69) is 0 Å². The van der Waals surface area contributed by atoms with Crippen LogP contribution in [0.5, 0.6) is 5.75 Å². The molecule has 0 fully saturated rings. The standard InChI is InChI=1S/C10H12O2S/c1-6-4-5-8(10(12)13-3)7(2)9(6)11/h4-5,11H,1-3H3. The quantitative estimate of drug-likeness (QED) is 0.750. The lowest BCUT2D eigenvalue weighted by atomic mass is 10.1. The zero-order chi connectivity index (χ0) is 10.0. The molecular weight excluding hydrogens is 184 g/mol. The Hall–Kier alpha value is -0.960. The minimum atomic E-state index is -0.00667. The molecule has 0 heterocycles. The van der Waals surface area contributed by atoms with Crippen molar-refractivity contribution in [1.82, 2.24) is 0 Å². The molecule has 0 aliphatic carbocycles. The lowest BCUT2D eigenvalue weighted by molar-refractivity contribution is 0.108. The van der Waals surface area contributed by atoms with Crippen molar-refractivity contribution in [2.75, 3.05) is 6.26 Å². The van der Waals surface area contributed by atoms with Crippen LogP contribution >= 0.6 is 11.8 Å². The maximum Gasteiger partial charge on any atom is 0.219 e. The van der Waals surface area contributed by atoms with Gasteiger partial charge in [-0.2, -0.15) is 0 Å². The third kappa shape index (κ3) is 1.86.